The molecule has 0 spiro atoms. The first-order valence-corrected chi connectivity index (χ1v) is 4.23. The lowest BCUT2D eigenvalue weighted by atomic mass is 10.00. The number of hydrogen-bond donors (Lipinski definition) is 0. The minimum Gasteiger partial charge on any atom is -0.384 e. The number of rotatable bonds is 2. The summed E-state index contributed by atoms with van der Waals surface area (Å²) in [6, 6.07) is 0. The highest BCUT2D eigenvalue weighted by Gasteiger charge is 2.27. The van der Waals surface area contributed by atoms with Crippen molar-refractivity contribution in [2.75, 3.05) is 13.7 Å². The third-order valence-corrected chi connectivity index (χ3v) is 2.66. The number of hydrogen-bond acceptors (Lipinski definition) is 1. The highest BCUT2D eigenvalue weighted by atomic mass is 16.5. The predicted octanol–water partition coefficient (Wildman–Crippen LogP) is 2.32. The zero-order chi connectivity index (χ0) is 7.56. The van der Waals surface area contributed by atoms with E-state index in [1.165, 1.54) is 12.8 Å². The Hall–Kier alpha value is -0.0400. The molecule has 1 nitrogen and oxygen atoms in total. The molecule has 1 fully saturated rings. The van der Waals surface area contributed by atoms with Crippen LogP contribution in [-0.4, -0.2) is 13.7 Å². The first-order chi connectivity index (χ1) is 4.74. The van der Waals surface area contributed by atoms with Crippen LogP contribution in [-0.2, 0) is 4.74 Å². The summed E-state index contributed by atoms with van der Waals surface area (Å²) in [6.45, 7) is 5.64. The molecule has 3 unspecified atom stereocenters. The molecular formula is C9H18O. The maximum Gasteiger partial charge on any atom is 0.0493 e. The first kappa shape index (κ1) is 8.06. The molecular weight excluding hydrogens is 124 g/mol. The van der Waals surface area contributed by atoms with Crippen molar-refractivity contribution < 1.29 is 4.74 Å². The van der Waals surface area contributed by atoms with Gasteiger partial charge < -0.3 is 4.74 Å². The van der Waals surface area contributed by atoms with E-state index < -0.39 is 0 Å². The molecule has 0 bridgehead atoms. The Labute approximate surface area is 63.8 Å². The fourth-order valence-corrected chi connectivity index (χ4v) is 2.12. The van der Waals surface area contributed by atoms with Gasteiger partial charge in [-0.25, -0.2) is 0 Å². The van der Waals surface area contributed by atoms with Crippen molar-refractivity contribution in [2.45, 2.75) is 26.7 Å². The van der Waals surface area contributed by atoms with Crippen LogP contribution in [0.4, 0.5) is 0 Å². The van der Waals surface area contributed by atoms with Crippen molar-refractivity contribution in [3.63, 3.8) is 0 Å². The first-order valence-electron chi connectivity index (χ1n) is 4.23. The quantitative estimate of drug-likeness (QED) is 0.575. The second-order valence-electron chi connectivity index (χ2n) is 3.77. The van der Waals surface area contributed by atoms with Gasteiger partial charge in [-0.05, 0) is 30.6 Å². The van der Waals surface area contributed by atoms with Crippen LogP contribution in [0.3, 0.4) is 0 Å². The average molecular weight is 142 g/mol. The van der Waals surface area contributed by atoms with Crippen molar-refractivity contribution in [3.05, 3.63) is 0 Å². The normalized spacial score (nSPS) is 40.5. The highest BCUT2D eigenvalue weighted by Crippen LogP contribution is 2.35. The minimum atomic E-state index is 0.833. The standard InChI is InChI=1S/C9H18O/c1-7-4-8(2)9(5-7)6-10-3/h7-9H,4-6H2,1-3H3. The Bertz CT molecular complexity index is 101. The maximum absolute atomic E-state index is 5.14. The largest absolute Gasteiger partial charge is 0.384 e. The summed E-state index contributed by atoms with van der Waals surface area (Å²) in [5.74, 6) is 2.64. The second-order valence-corrected chi connectivity index (χ2v) is 3.77. The molecule has 1 heteroatoms. The molecule has 0 aromatic rings. The van der Waals surface area contributed by atoms with Crippen LogP contribution in [0.2, 0.25) is 0 Å². The van der Waals surface area contributed by atoms with Gasteiger partial charge in [-0.15, -0.1) is 0 Å². The molecule has 60 valence electrons. The SMILES string of the molecule is COCC1CC(C)CC1C. The Kier molecular flexibility index (Phi) is 2.72. The molecule has 1 rings (SSSR count). The van der Waals surface area contributed by atoms with E-state index in [4.69, 9.17) is 4.74 Å². The summed E-state index contributed by atoms with van der Waals surface area (Å²) in [7, 11) is 1.80. The third-order valence-electron chi connectivity index (χ3n) is 2.66. The van der Waals surface area contributed by atoms with E-state index >= 15 is 0 Å². The summed E-state index contributed by atoms with van der Waals surface area (Å²) in [5.41, 5.74) is 0. The van der Waals surface area contributed by atoms with Crippen LogP contribution in [0.25, 0.3) is 0 Å². The van der Waals surface area contributed by atoms with Crippen molar-refractivity contribution >= 4 is 0 Å². The van der Waals surface area contributed by atoms with Crippen LogP contribution >= 0.6 is 0 Å². The predicted molar refractivity (Wildman–Crippen MR) is 42.9 cm³/mol. The van der Waals surface area contributed by atoms with Gasteiger partial charge in [0.1, 0.15) is 0 Å². The monoisotopic (exact) mass is 142 g/mol. The maximum atomic E-state index is 5.14. The van der Waals surface area contributed by atoms with Crippen molar-refractivity contribution in [3.8, 4) is 0 Å². The average Bonchev–Trinajstić information content (AvgIpc) is 2.13. The van der Waals surface area contributed by atoms with Crippen LogP contribution in [0.15, 0.2) is 0 Å². The zero-order valence-corrected chi connectivity index (χ0v) is 7.26. The van der Waals surface area contributed by atoms with Crippen molar-refractivity contribution in [2.24, 2.45) is 17.8 Å². The molecule has 0 saturated heterocycles. The van der Waals surface area contributed by atoms with Crippen molar-refractivity contribution in [1.82, 2.24) is 0 Å². The molecule has 10 heavy (non-hydrogen) atoms. The molecule has 0 amide bonds. The number of methoxy groups -OCH3 is 1. The molecule has 0 aliphatic heterocycles. The van der Waals surface area contributed by atoms with E-state index in [9.17, 15) is 0 Å². The molecule has 1 aliphatic rings. The lowest BCUT2D eigenvalue weighted by molar-refractivity contribution is 0.136. The zero-order valence-electron chi connectivity index (χ0n) is 7.26. The Morgan fingerprint density at radius 2 is 2.00 bits per heavy atom. The van der Waals surface area contributed by atoms with Gasteiger partial charge in [0.2, 0.25) is 0 Å². The molecule has 3 atom stereocenters. The summed E-state index contributed by atoms with van der Waals surface area (Å²) < 4.78 is 5.14. The topological polar surface area (TPSA) is 9.23 Å². The minimum absolute atomic E-state index is 0.833. The van der Waals surface area contributed by atoms with E-state index in [0.29, 0.717) is 0 Å². The van der Waals surface area contributed by atoms with Gasteiger partial charge >= 0.3 is 0 Å². The Morgan fingerprint density at radius 1 is 1.30 bits per heavy atom. The van der Waals surface area contributed by atoms with Gasteiger partial charge in [-0.1, -0.05) is 13.8 Å². The van der Waals surface area contributed by atoms with Crippen molar-refractivity contribution in [1.29, 1.82) is 0 Å². The summed E-state index contributed by atoms with van der Waals surface area (Å²) in [4.78, 5) is 0. The summed E-state index contributed by atoms with van der Waals surface area (Å²) in [5, 5.41) is 0. The fraction of sp³-hybridized carbons (Fsp3) is 1.00. The lowest BCUT2D eigenvalue weighted by Crippen LogP contribution is -2.10. The fourth-order valence-electron chi connectivity index (χ4n) is 2.12. The van der Waals surface area contributed by atoms with Gasteiger partial charge in [-0.3, -0.25) is 0 Å². The second kappa shape index (κ2) is 3.38. The van der Waals surface area contributed by atoms with E-state index in [0.717, 1.165) is 24.4 Å². The van der Waals surface area contributed by atoms with E-state index in [1.807, 2.05) is 0 Å². The Morgan fingerprint density at radius 3 is 2.40 bits per heavy atom. The molecule has 0 radical (unpaired) electrons. The third kappa shape index (κ3) is 1.72. The van der Waals surface area contributed by atoms with Crippen LogP contribution in [0.5, 0.6) is 0 Å². The van der Waals surface area contributed by atoms with E-state index in [1.54, 1.807) is 7.11 Å². The van der Waals surface area contributed by atoms with Gasteiger partial charge in [0.05, 0.1) is 0 Å². The Balaban J connectivity index is 2.31. The van der Waals surface area contributed by atoms with Crippen LogP contribution in [0, 0.1) is 17.8 Å². The molecule has 1 saturated carbocycles. The van der Waals surface area contributed by atoms with E-state index in [2.05, 4.69) is 13.8 Å². The van der Waals surface area contributed by atoms with Gasteiger partial charge in [0, 0.05) is 13.7 Å². The molecule has 0 heterocycles. The molecule has 0 aromatic carbocycles. The highest BCUT2D eigenvalue weighted by molar-refractivity contribution is 4.78. The van der Waals surface area contributed by atoms with Gasteiger partial charge in [0.15, 0.2) is 0 Å². The molecule has 1 aliphatic carbocycles. The lowest BCUT2D eigenvalue weighted by Gasteiger charge is -2.12. The van der Waals surface area contributed by atoms with Crippen LogP contribution < -0.4 is 0 Å². The molecule has 0 aromatic heterocycles. The summed E-state index contributed by atoms with van der Waals surface area (Å²) in [6.07, 6.45) is 2.77. The smallest absolute Gasteiger partial charge is 0.0493 e. The molecule has 0 N–H and O–H groups in total. The summed E-state index contributed by atoms with van der Waals surface area (Å²) >= 11 is 0. The van der Waals surface area contributed by atoms with E-state index in [-0.39, 0.29) is 0 Å². The number of ether oxygens (including phenoxy) is 1. The van der Waals surface area contributed by atoms with Gasteiger partial charge in [0.25, 0.3) is 0 Å². The van der Waals surface area contributed by atoms with Gasteiger partial charge in [-0.2, -0.15) is 0 Å². The van der Waals surface area contributed by atoms with Crippen LogP contribution in [0.1, 0.15) is 26.7 Å².